The van der Waals surface area contributed by atoms with Gasteiger partial charge in [-0.05, 0) is 67.1 Å². The van der Waals surface area contributed by atoms with Crippen molar-refractivity contribution in [3.05, 3.63) is 59.7 Å². The number of ether oxygens (including phenoxy) is 1. The summed E-state index contributed by atoms with van der Waals surface area (Å²) in [6.45, 7) is 6.79. The Morgan fingerprint density at radius 2 is 1.80 bits per heavy atom. The number of aromatic nitrogens is 2. The second-order valence-corrected chi connectivity index (χ2v) is 8.63. The Morgan fingerprint density at radius 3 is 2.57 bits per heavy atom. The zero-order valence-corrected chi connectivity index (χ0v) is 18.0. The quantitative estimate of drug-likeness (QED) is 0.444. The van der Waals surface area contributed by atoms with E-state index >= 15 is 0 Å². The molecule has 154 valence electrons. The number of nitrogens with zero attached hydrogens (tertiary/aromatic N) is 1. The van der Waals surface area contributed by atoms with Gasteiger partial charge >= 0.3 is 0 Å². The van der Waals surface area contributed by atoms with Crippen LogP contribution >= 0.6 is 0 Å². The molecule has 0 spiro atoms. The van der Waals surface area contributed by atoms with Crippen molar-refractivity contribution in [3.8, 4) is 17.1 Å². The lowest BCUT2D eigenvalue weighted by Crippen LogP contribution is -2.26. The minimum Gasteiger partial charge on any atom is -0.481 e. The lowest BCUT2D eigenvalue weighted by atomic mass is 9.88. The molecule has 1 fully saturated rings. The Hall–Kier alpha value is -2.85. The summed E-state index contributed by atoms with van der Waals surface area (Å²) in [4.78, 5) is 8.38. The molecule has 30 heavy (non-hydrogen) atoms. The van der Waals surface area contributed by atoms with Gasteiger partial charge in [-0.25, -0.2) is 4.98 Å². The number of rotatable bonds is 4. The number of hydrogen-bond donors (Lipinski definition) is 2. The number of H-pyrrole nitrogens is 1. The van der Waals surface area contributed by atoms with Gasteiger partial charge in [0.05, 0.1) is 18.3 Å². The summed E-state index contributed by atoms with van der Waals surface area (Å²) in [7, 11) is 1.68. The van der Waals surface area contributed by atoms with E-state index in [2.05, 4.69) is 65.5 Å². The maximum atomic E-state index is 5.53. The van der Waals surface area contributed by atoms with Gasteiger partial charge in [-0.2, -0.15) is 0 Å². The highest BCUT2D eigenvalue weighted by Gasteiger charge is 2.21. The Labute approximate surface area is 177 Å². The smallest absolute Gasteiger partial charge is 0.214 e. The van der Waals surface area contributed by atoms with Crippen molar-refractivity contribution < 1.29 is 4.74 Å². The summed E-state index contributed by atoms with van der Waals surface area (Å²) in [5, 5.41) is 5.97. The molecule has 0 unspecified atom stereocenters. The van der Waals surface area contributed by atoms with E-state index in [1.807, 2.05) is 12.1 Å². The minimum absolute atomic E-state index is 0.398. The standard InChI is InChI=1S/C26H29N3O/c1-16(2)25-21-14-18(17-10-12-27-13-11-17)8-9-23(21)29-26(25)20-15-24(30-3)28-22-7-5-4-6-19(20)22/h4-9,14-17,27,29H,10-13H2,1-3H3. The Bertz CT molecular complexity index is 1200. The van der Waals surface area contributed by atoms with E-state index in [9.17, 15) is 0 Å². The molecule has 0 radical (unpaired) electrons. The number of nitrogens with one attached hydrogen (secondary N) is 2. The highest BCUT2D eigenvalue weighted by Crippen LogP contribution is 2.40. The van der Waals surface area contributed by atoms with E-state index < -0.39 is 0 Å². The number of hydrogen-bond acceptors (Lipinski definition) is 3. The number of methoxy groups -OCH3 is 1. The SMILES string of the molecule is COc1cc(-c2[nH]c3ccc(C4CCNCC4)cc3c2C(C)C)c2ccccc2n1. The van der Waals surface area contributed by atoms with Crippen molar-refractivity contribution in [2.45, 2.75) is 38.5 Å². The van der Waals surface area contributed by atoms with Crippen LogP contribution in [-0.4, -0.2) is 30.2 Å². The van der Waals surface area contributed by atoms with Crippen molar-refractivity contribution in [1.29, 1.82) is 0 Å². The van der Waals surface area contributed by atoms with Crippen LogP contribution in [0.15, 0.2) is 48.5 Å². The van der Waals surface area contributed by atoms with Crippen LogP contribution in [0.25, 0.3) is 33.1 Å². The van der Waals surface area contributed by atoms with E-state index in [4.69, 9.17) is 4.74 Å². The van der Waals surface area contributed by atoms with Gasteiger partial charge in [-0.3, -0.25) is 0 Å². The van der Waals surface area contributed by atoms with Crippen LogP contribution < -0.4 is 10.1 Å². The maximum Gasteiger partial charge on any atom is 0.214 e. The van der Waals surface area contributed by atoms with Crippen molar-refractivity contribution >= 4 is 21.8 Å². The fourth-order valence-corrected chi connectivity index (χ4v) is 4.91. The molecule has 0 bridgehead atoms. The second kappa shape index (κ2) is 7.77. The zero-order valence-electron chi connectivity index (χ0n) is 18.0. The molecule has 4 heteroatoms. The van der Waals surface area contributed by atoms with Gasteiger partial charge in [0.15, 0.2) is 0 Å². The summed E-state index contributed by atoms with van der Waals surface area (Å²) in [5.41, 5.74) is 7.33. The average Bonchev–Trinajstić information content (AvgIpc) is 3.17. The normalized spacial score (nSPS) is 15.3. The highest BCUT2D eigenvalue weighted by atomic mass is 16.5. The van der Waals surface area contributed by atoms with Gasteiger partial charge in [-0.15, -0.1) is 0 Å². The van der Waals surface area contributed by atoms with Crippen LogP contribution in [0.3, 0.4) is 0 Å². The molecule has 5 rings (SSSR count). The van der Waals surface area contributed by atoms with Crippen LogP contribution in [0.1, 0.15) is 49.7 Å². The topological polar surface area (TPSA) is 49.9 Å². The van der Waals surface area contributed by atoms with E-state index in [1.165, 1.54) is 40.6 Å². The predicted octanol–water partition coefficient (Wildman–Crippen LogP) is 5.98. The third-order valence-corrected chi connectivity index (χ3v) is 6.42. The lowest BCUT2D eigenvalue weighted by molar-refractivity contribution is 0.400. The summed E-state index contributed by atoms with van der Waals surface area (Å²) in [6, 6.07) is 17.4. The van der Waals surface area contributed by atoms with Gasteiger partial charge < -0.3 is 15.0 Å². The Kier molecular flexibility index (Phi) is 4.95. The number of pyridine rings is 1. The van der Waals surface area contributed by atoms with Gasteiger partial charge in [-0.1, -0.05) is 38.1 Å². The third-order valence-electron chi connectivity index (χ3n) is 6.42. The predicted molar refractivity (Wildman–Crippen MR) is 125 cm³/mol. The molecule has 1 aliphatic heterocycles. The number of fused-ring (bicyclic) bond motifs is 2. The molecular weight excluding hydrogens is 370 g/mol. The molecule has 0 amide bonds. The molecule has 1 saturated heterocycles. The molecular formula is C26H29N3O. The van der Waals surface area contributed by atoms with Gasteiger partial charge in [0.2, 0.25) is 5.88 Å². The van der Waals surface area contributed by atoms with Crippen molar-refractivity contribution in [1.82, 2.24) is 15.3 Å². The van der Waals surface area contributed by atoms with E-state index in [1.54, 1.807) is 7.11 Å². The van der Waals surface area contributed by atoms with E-state index in [0.29, 0.717) is 17.7 Å². The van der Waals surface area contributed by atoms with E-state index in [0.717, 1.165) is 29.6 Å². The first kappa shape index (κ1) is 19.1. The molecule has 2 aromatic heterocycles. The summed E-state index contributed by atoms with van der Waals surface area (Å²) < 4.78 is 5.53. The Balaban J connectivity index is 1.74. The molecule has 0 aliphatic carbocycles. The molecule has 3 heterocycles. The molecule has 4 aromatic rings. The highest BCUT2D eigenvalue weighted by molar-refractivity contribution is 6.00. The van der Waals surface area contributed by atoms with Crippen LogP contribution in [0, 0.1) is 0 Å². The average molecular weight is 400 g/mol. The number of aromatic amines is 1. The molecule has 4 nitrogen and oxygen atoms in total. The maximum absolute atomic E-state index is 5.53. The first-order valence-corrected chi connectivity index (χ1v) is 11.0. The first-order valence-electron chi connectivity index (χ1n) is 11.0. The third kappa shape index (κ3) is 3.25. The molecule has 0 atom stereocenters. The molecule has 1 aliphatic rings. The van der Waals surface area contributed by atoms with Gasteiger partial charge in [0.25, 0.3) is 0 Å². The first-order chi connectivity index (χ1) is 14.7. The van der Waals surface area contributed by atoms with Gasteiger partial charge in [0.1, 0.15) is 0 Å². The number of para-hydroxylation sites is 1. The van der Waals surface area contributed by atoms with Crippen LogP contribution in [0.4, 0.5) is 0 Å². The van der Waals surface area contributed by atoms with Crippen LogP contribution in [-0.2, 0) is 0 Å². The zero-order chi connectivity index (χ0) is 20.7. The largest absolute Gasteiger partial charge is 0.481 e. The lowest BCUT2D eigenvalue weighted by Gasteiger charge is -2.23. The van der Waals surface area contributed by atoms with Crippen LogP contribution in [0.5, 0.6) is 5.88 Å². The fraction of sp³-hybridized carbons (Fsp3) is 0.346. The van der Waals surface area contributed by atoms with Crippen molar-refractivity contribution in [2.24, 2.45) is 0 Å². The molecule has 0 saturated carbocycles. The minimum atomic E-state index is 0.398. The number of benzene rings is 2. The molecule has 2 aromatic carbocycles. The summed E-state index contributed by atoms with van der Waals surface area (Å²) in [6.07, 6.45) is 2.43. The fourth-order valence-electron chi connectivity index (χ4n) is 4.91. The summed E-state index contributed by atoms with van der Waals surface area (Å²) in [5.74, 6) is 1.69. The van der Waals surface area contributed by atoms with Crippen molar-refractivity contribution in [3.63, 3.8) is 0 Å². The van der Waals surface area contributed by atoms with E-state index in [-0.39, 0.29) is 0 Å². The van der Waals surface area contributed by atoms with Crippen LogP contribution in [0.2, 0.25) is 0 Å². The van der Waals surface area contributed by atoms with Crippen molar-refractivity contribution in [2.75, 3.05) is 20.2 Å². The second-order valence-electron chi connectivity index (χ2n) is 8.63. The van der Waals surface area contributed by atoms with Gasteiger partial charge in [0, 0.05) is 27.9 Å². The summed E-state index contributed by atoms with van der Waals surface area (Å²) >= 11 is 0. The number of piperidine rings is 1. The monoisotopic (exact) mass is 399 g/mol. The Morgan fingerprint density at radius 1 is 1.00 bits per heavy atom. The molecule has 2 N–H and O–H groups in total.